The van der Waals surface area contributed by atoms with Crippen molar-refractivity contribution >= 4 is 0 Å². The van der Waals surface area contributed by atoms with Crippen molar-refractivity contribution in [2.45, 2.75) is 79.2 Å². The Balaban J connectivity index is 2.55. The molecule has 0 saturated carbocycles. The lowest BCUT2D eigenvalue weighted by atomic mass is 9.84. The van der Waals surface area contributed by atoms with Gasteiger partial charge in [0.05, 0.1) is 0 Å². The van der Waals surface area contributed by atoms with Gasteiger partial charge in [-0.15, -0.1) is 0 Å². The third-order valence-electron chi connectivity index (χ3n) is 4.61. The second kappa shape index (κ2) is 7.79. The largest absolute Gasteiger partial charge is 0.311 e. The van der Waals surface area contributed by atoms with E-state index in [4.69, 9.17) is 0 Å². The van der Waals surface area contributed by atoms with Gasteiger partial charge in [0.15, 0.2) is 0 Å². The topological polar surface area (TPSA) is 15.3 Å². The molecule has 1 N–H and O–H groups in total. The van der Waals surface area contributed by atoms with Gasteiger partial charge in [-0.3, -0.25) is 0 Å². The van der Waals surface area contributed by atoms with Crippen molar-refractivity contribution in [2.24, 2.45) is 11.3 Å². The lowest BCUT2D eigenvalue weighted by Crippen LogP contribution is -2.47. The molecule has 2 heteroatoms. The second-order valence-electron chi connectivity index (χ2n) is 8.48. The van der Waals surface area contributed by atoms with Crippen molar-refractivity contribution in [1.82, 2.24) is 10.2 Å². The molecule has 0 amide bonds. The molecule has 0 aliphatic carbocycles. The van der Waals surface area contributed by atoms with Crippen molar-refractivity contribution in [3.63, 3.8) is 0 Å². The van der Waals surface area contributed by atoms with Gasteiger partial charge in [0, 0.05) is 18.6 Å². The summed E-state index contributed by atoms with van der Waals surface area (Å²) in [5.74, 6) is 0.921. The summed E-state index contributed by atoms with van der Waals surface area (Å²) in [6.45, 7) is 19.0. The highest BCUT2D eigenvalue weighted by molar-refractivity contribution is 4.85. The lowest BCUT2D eigenvalue weighted by Gasteiger charge is -2.37. The molecule has 0 spiro atoms. The molecule has 0 aromatic rings. The summed E-state index contributed by atoms with van der Waals surface area (Å²) in [6, 6.07) is 0. The Hall–Kier alpha value is -0.0800. The highest BCUT2D eigenvalue weighted by Gasteiger charge is 2.28. The molecule has 1 heterocycles. The van der Waals surface area contributed by atoms with Crippen LogP contribution in [0.3, 0.4) is 0 Å². The van der Waals surface area contributed by atoms with E-state index in [1.54, 1.807) is 0 Å². The van der Waals surface area contributed by atoms with E-state index < -0.39 is 0 Å². The van der Waals surface area contributed by atoms with E-state index in [0.717, 1.165) is 12.5 Å². The van der Waals surface area contributed by atoms with E-state index in [2.05, 4.69) is 51.8 Å². The monoisotopic (exact) mass is 282 g/mol. The van der Waals surface area contributed by atoms with Crippen LogP contribution < -0.4 is 5.32 Å². The number of nitrogens with one attached hydrogen (secondary N) is 1. The molecule has 2 nitrogen and oxygen atoms in total. The van der Waals surface area contributed by atoms with Gasteiger partial charge in [0.2, 0.25) is 0 Å². The first kappa shape index (κ1) is 18.0. The molecule has 2 unspecified atom stereocenters. The van der Waals surface area contributed by atoms with Crippen molar-refractivity contribution in [1.29, 1.82) is 0 Å². The lowest BCUT2D eigenvalue weighted by molar-refractivity contribution is 0.143. The Bertz CT molecular complexity index is 269. The molecule has 2 atom stereocenters. The Labute approximate surface area is 127 Å². The van der Waals surface area contributed by atoms with Crippen molar-refractivity contribution in [3.8, 4) is 0 Å². The standard InChI is InChI=1S/C18H38N2/c1-7-11-18(6,14-19-17(3,4)5)15-20-12-8-9-16(2)10-13-20/h16,19H,7-15H2,1-6H3. The number of nitrogens with zero attached hydrogens (tertiary/aromatic N) is 1. The average Bonchev–Trinajstić information content (AvgIpc) is 2.52. The molecule has 120 valence electrons. The molecular formula is C18H38N2. The summed E-state index contributed by atoms with van der Waals surface area (Å²) in [4.78, 5) is 2.73. The Morgan fingerprint density at radius 3 is 2.40 bits per heavy atom. The minimum atomic E-state index is 0.225. The number of hydrogen-bond donors (Lipinski definition) is 1. The predicted molar refractivity (Wildman–Crippen MR) is 90.2 cm³/mol. The van der Waals surface area contributed by atoms with Crippen LogP contribution in [0, 0.1) is 11.3 Å². The van der Waals surface area contributed by atoms with Gasteiger partial charge in [-0.05, 0) is 70.9 Å². The normalized spacial score (nSPS) is 25.2. The summed E-state index contributed by atoms with van der Waals surface area (Å²) < 4.78 is 0. The van der Waals surface area contributed by atoms with Crippen LogP contribution in [-0.2, 0) is 0 Å². The highest BCUT2D eigenvalue weighted by atomic mass is 15.1. The van der Waals surface area contributed by atoms with Crippen LogP contribution in [0.15, 0.2) is 0 Å². The Kier molecular flexibility index (Phi) is 7.00. The van der Waals surface area contributed by atoms with Crippen LogP contribution in [-0.4, -0.2) is 36.6 Å². The second-order valence-corrected chi connectivity index (χ2v) is 8.48. The van der Waals surface area contributed by atoms with Crippen LogP contribution >= 0.6 is 0 Å². The van der Waals surface area contributed by atoms with Gasteiger partial charge in [0.1, 0.15) is 0 Å². The highest BCUT2D eigenvalue weighted by Crippen LogP contribution is 2.27. The molecule has 0 radical (unpaired) electrons. The zero-order chi connectivity index (χ0) is 15.2. The van der Waals surface area contributed by atoms with Gasteiger partial charge in [-0.2, -0.15) is 0 Å². The van der Waals surface area contributed by atoms with Crippen LogP contribution in [0.4, 0.5) is 0 Å². The summed E-state index contributed by atoms with van der Waals surface area (Å²) in [6.07, 6.45) is 6.79. The smallest absolute Gasteiger partial charge is 0.00967 e. The van der Waals surface area contributed by atoms with Crippen LogP contribution in [0.5, 0.6) is 0 Å². The summed E-state index contributed by atoms with van der Waals surface area (Å²) in [5, 5.41) is 3.73. The zero-order valence-corrected chi connectivity index (χ0v) is 14.9. The molecule has 0 bridgehead atoms. The molecule has 20 heavy (non-hydrogen) atoms. The molecule has 0 aromatic carbocycles. The Morgan fingerprint density at radius 1 is 1.10 bits per heavy atom. The molecular weight excluding hydrogens is 244 g/mol. The van der Waals surface area contributed by atoms with Gasteiger partial charge < -0.3 is 10.2 Å². The summed E-state index contributed by atoms with van der Waals surface area (Å²) in [5.41, 5.74) is 0.637. The Morgan fingerprint density at radius 2 is 1.80 bits per heavy atom. The van der Waals surface area contributed by atoms with Crippen molar-refractivity contribution < 1.29 is 0 Å². The van der Waals surface area contributed by atoms with Crippen molar-refractivity contribution in [2.75, 3.05) is 26.2 Å². The fraction of sp³-hybridized carbons (Fsp3) is 1.00. The van der Waals surface area contributed by atoms with Crippen LogP contribution in [0.2, 0.25) is 0 Å². The molecule has 1 saturated heterocycles. The van der Waals surface area contributed by atoms with E-state index in [0.29, 0.717) is 5.41 Å². The molecule has 1 fully saturated rings. The molecule has 0 aromatic heterocycles. The number of rotatable bonds is 6. The van der Waals surface area contributed by atoms with Gasteiger partial charge in [-0.25, -0.2) is 0 Å². The minimum Gasteiger partial charge on any atom is -0.311 e. The van der Waals surface area contributed by atoms with E-state index in [-0.39, 0.29) is 5.54 Å². The van der Waals surface area contributed by atoms with Crippen LogP contribution in [0.1, 0.15) is 73.6 Å². The van der Waals surface area contributed by atoms with E-state index in [1.807, 2.05) is 0 Å². The van der Waals surface area contributed by atoms with E-state index in [1.165, 1.54) is 51.7 Å². The maximum atomic E-state index is 3.73. The summed E-state index contributed by atoms with van der Waals surface area (Å²) >= 11 is 0. The third kappa shape index (κ3) is 7.08. The SMILES string of the molecule is CCCC(C)(CNC(C)(C)C)CN1CCCC(C)CC1. The van der Waals surface area contributed by atoms with Crippen LogP contribution in [0.25, 0.3) is 0 Å². The molecule has 1 aliphatic rings. The molecule has 1 aliphatic heterocycles. The quantitative estimate of drug-likeness (QED) is 0.781. The van der Waals surface area contributed by atoms with Gasteiger partial charge in [0.25, 0.3) is 0 Å². The number of likely N-dealkylation sites (tertiary alicyclic amines) is 1. The van der Waals surface area contributed by atoms with E-state index in [9.17, 15) is 0 Å². The first-order valence-electron chi connectivity index (χ1n) is 8.71. The maximum absolute atomic E-state index is 3.73. The van der Waals surface area contributed by atoms with E-state index >= 15 is 0 Å². The van der Waals surface area contributed by atoms with Gasteiger partial charge >= 0.3 is 0 Å². The summed E-state index contributed by atoms with van der Waals surface area (Å²) in [7, 11) is 0. The fourth-order valence-electron chi connectivity index (χ4n) is 3.33. The van der Waals surface area contributed by atoms with Gasteiger partial charge in [-0.1, -0.05) is 27.2 Å². The maximum Gasteiger partial charge on any atom is 0.00967 e. The van der Waals surface area contributed by atoms with Crippen molar-refractivity contribution in [3.05, 3.63) is 0 Å². The fourth-order valence-corrected chi connectivity index (χ4v) is 3.33. The average molecular weight is 283 g/mol. The first-order chi connectivity index (χ1) is 9.24. The minimum absolute atomic E-state index is 0.225. The predicted octanol–water partition coefficient (Wildman–Crippen LogP) is 4.30. The number of hydrogen-bond acceptors (Lipinski definition) is 2. The third-order valence-corrected chi connectivity index (χ3v) is 4.61. The molecule has 1 rings (SSSR count). The first-order valence-corrected chi connectivity index (χ1v) is 8.71. The zero-order valence-electron chi connectivity index (χ0n) is 14.9.